The fourth-order valence-electron chi connectivity index (χ4n) is 3.49. The highest BCUT2D eigenvalue weighted by molar-refractivity contribution is 5.74. The van der Waals surface area contributed by atoms with Crippen LogP contribution in [-0.4, -0.2) is 52.9 Å². The summed E-state index contributed by atoms with van der Waals surface area (Å²) in [6, 6.07) is 9.53. The SMILES string of the molecule is O=C(O)CCC(Cc1ccccc1)NC(=O)N1CCC(CCCO)CC1. The molecule has 2 amide bonds. The van der Waals surface area contributed by atoms with E-state index in [-0.39, 0.29) is 25.1 Å². The fourth-order valence-corrected chi connectivity index (χ4v) is 3.49. The lowest BCUT2D eigenvalue weighted by Gasteiger charge is -2.33. The van der Waals surface area contributed by atoms with Crippen molar-refractivity contribution >= 4 is 12.0 Å². The highest BCUT2D eigenvalue weighted by Crippen LogP contribution is 2.22. The van der Waals surface area contributed by atoms with Gasteiger partial charge in [0, 0.05) is 32.2 Å². The van der Waals surface area contributed by atoms with Gasteiger partial charge in [0.05, 0.1) is 0 Å². The average Bonchev–Trinajstić information content (AvgIpc) is 2.65. The molecular weight excluding hydrogens is 332 g/mol. The first-order valence-corrected chi connectivity index (χ1v) is 9.50. The molecule has 0 aliphatic carbocycles. The van der Waals surface area contributed by atoms with Crippen LogP contribution < -0.4 is 5.32 Å². The zero-order chi connectivity index (χ0) is 18.8. The van der Waals surface area contributed by atoms with Crippen molar-refractivity contribution < 1.29 is 19.8 Å². The van der Waals surface area contributed by atoms with E-state index in [0.717, 1.165) is 44.3 Å². The van der Waals surface area contributed by atoms with Crippen molar-refractivity contribution in [2.75, 3.05) is 19.7 Å². The molecular formula is C20H30N2O4. The van der Waals surface area contributed by atoms with E-state index in [1.807, 2.05) is 35.2 Å². The van der Waals surface area contributed by atoms with Crippen LogP contribution in [0.5, 0.6) is 0 Å². The van der Waals surface area contributed by atoms with E-state index in [1.165, 1.54) is 0 Å². The number of nitrogens with one attached hydrogen (secondary N) is 1. The van der Waals surface area contributed by atoms with E-state index in [9.17, 15) is 9.59 Å². The second-order valence-corrected chi connectivity index (χ2v) is 7.06. The number of urea groups is 1. The minimum absolute atomic E-state index is 0.0427. The first kappa shape index (κ1) is 20.2. The number of benzene rings is 1. The summed E-state index contributed by atoms with van der Waals surface area (Å²) in [6.07, 6.45) is 4.86. The fraction of sp³-hybridized carbons (Fsp3) is 0.600. The molecule has 3 N–H and O–H groups in total. The number of aliphatic hydroxyl groups is 1. The molecule has 26 heavy (non-hydrogen) atoms. The number of amides is 2. The van der Waals surface area contributed by atoms with E-state index in [2.05, 4.69) is 5.32 Å². The van der Waals surface area contributed by atoms with Gasteiger partial charge in [0.15, 0.2) is 0 Å². The van der Waals surface area contributed by atoms with E-state index in [4.69, 9.17) is 10.2 Å². The summed E-state index contributed by atoms with van der Waals surface area (Å²) in [6.45, 7) is 1.67. The summed E-state index contributed by atoms with van der Waals surface area (Å²) in [5.74, 6) is -0.264. The molecule has 1 saturated heterocycles. The average molecular weight is 362 g/mol. The van der Waals surface area contributed by atoms with Crippen LogP contribution in [0.2, 0.25) is 0 Å². The molecule has 6 heteroatoms. The van der Waals surface area contributed by atoms with E-state index < -0.39 is 5.97 Å². The molecule has 6 nitrogen and oxygen atoms in total. The molecule has 1 aromatic carbocycles. The van der Waals surface area contributed by atoms with E-state index in [1.54, 1.807) is 0 Å². The third kappa shape index (κ3) is 7.04. The number of piperidine rings is 1. The molecule has 0 saturated carbocycles. The van der Waals surface area contributed by atoms with Gasteiger partial charge in [0.1, 0.15) is 0 Å². The molecule has 144 valence electrons. The summed E-state index contributed by atoms with van der Waals surface area (Å²) < 4.78 is 0. The summed E-state index contributed by atoms with van der Waals surface area (Å²) in [7, 11) is 0. The van der Waals surface area contributed by atoms with Gasteiger partial charge in [0.2, 0.25) is 0 Å². The molecule has 0 aromatic heterocycles. The van der Waals surface area contributed by atoms with Crippen LogP contribution >= 0.6 is 0 Å². The minimum atomic E-state index is -0.845. The van der Waals surface area contributed by atoms with Gasteiger partial charge in [-0.05, 0) is 50.0 Å². The highest BCUT2D eigenvalue weighted by atomic mass is 16.4. The number of carbonyl (C=O) groups is 2. The van der Waals surface area contributed by atoms with Gasteiger partial charge in [-0.2, -0.15) is 0 Å². The van der Waals surface area contributed by atoms with Gasteiger partial charge in [0.25, 0.3) is 0 Å². The van der Waals surface area contributed by atoms with Gasteiger partial charge < -0.3 is 20.4 Å². The third-order valence-electron chi connectivity index (χ3n) is 5.03. The Morgan fingerprint density at radius 1 is 1.19 bits per heavy atom. The maximum absolute atomic E-state index is 12.6. The van der Waals surface area contributed by atoms with Crippen LogP contribution in [0.4, 0.5) is 4.79 Å². The molecule has 1 aromatic rings. The number of rotatable bonds is 9. The Labute approximate surface area is 155 Å². The molecule has 2 rings (SSSR count). The molecule has 1 aliphatic heterocycles. The summed E-state index contributed by atoms with van der Waals surface area (Å²) in [5, 5.41) is 20.9. The quantitative estimate of drug-likeness (QED) is 0.630. The molecule has 0 bridgehead atoms. The largest absolute Gasteiger partial charge is 0.481 e. The smallest absolute Gasteiger partial charge is 0.317 e. The topological polar surface area (TPSA) is 89.9 Å². The Balaban J connectivity index is 1.86. The first-order valence-electron chi connectivity index (χ1n) is 9.50. The Bertz CT molecular complexity index is 556. The number of hydrogen-bond donors (Lipinski definition) is 3. The number of carboxylic acid groups (broad SMARTS) is 1. The monoisotopic (exact) mass is 362 g/mol. The number of carboxylic acids is 1. The van der Waals surface area contributed by atoms with Crippen LogP contribution in [0.1, 0.15) is 44.1 Å². The number of likely N-dealkylation sites (tertiary alicyclic amines) is 1. The first-order chi connectivity index (χ1) is 12.6. The number of carbonyl (C=O) groups excluding carboxylic acids is 1. The molecule has 1 aliphatic rings. The summed E-state index contributed by atoms with van der Waals surface area (Å²) in [4.78, 5) is 25.3. The second-order valence-electron chi connectivity index (χ2n) is 7.06. The zero-order valence-electron chi connectivity index (χ0n) is 15.3. The van der Waals surface area contributed by atoms with Crippen molar-refractivity contribution in [2.24, 2.45) is 5.92 Å². The van der Waals surface area contributed by atoms with Gasteiger partial charge in [-0.25, -0.2) is 4.79 Å². The standard InChI is InChI=1S/C20H30N2O4/c23-14-4-7-16-10-12-22(13-11-16)20(26)21-18(8-9-19(24)25)15-17-5-2-1-3-6-17/h1-3,5-6,16,18,23H,4,7-15H2,(H,21,26)(H,24,25). The van der Waals surface area contributed by atoms with Crippen LogP contribution in [0.15, 0.2) is 30.3 Å². The van der Waals surface area contributed by atoms with Crippen molar-refractivity contribution in [3.8, 4) is 0 Å². The van der Waals surface area contributed by atoms with Crippen LogP contribution in [0.3, 0.4) is 0 Å². The number of hydrogen-bond acceptors (Lipinski definition) is 3. The predicted molar refractivity (Wildman–Crippen MR) is 100.0 cm³/mol. The molecule has 1 unspecified atom stereocenters. The predicted octanol–water partition coefficient (Wildman–Crippen LogP) is 2.66. The maximum atomic E-state index is 12.6. The van der Waals surface area contributed by atoms with E-state index >= 15 is 0 Å². The van der Waals surface area contributed by atoms with Gasteiger partial charge in [-0.3, -0.25) is 4.79 Å². The van der Waals surface area contributed by atoms with Crippen LogP contribution in [0.25, 0.3) is 0 Å². The Morgan fingerprint density at radius 3 is 2.50 bits per heavy atom. The normalized spacial score (nSPS) is 16.3. The maximum Gasteiger partial charge on any atom is 0.317 e. The minimum Gasteiger partial charge on any atom is -0.481 e. The van der Waals surface area contributed by atoms with Crippen molar-refractivity contribution in [1.82, 2.24) is 10.2 Å². The molecule has 1 fully saturated rings. The van der Waals surface area contributed by atoms with Crippen molar-refractivity contribution in [3.63, 3.8) is 0 Å². The lowest BCUT2D eigenvalue weighted by Crippen LogP contribution is -2.48. The van der Waals surface area contributed by atoms with E-state index in [0.29, 0.717) is 18.8 Å². The van der Waals surface area contributed by atoms with Gasteiger partial charge in [-0.15, -0.1) is 0 Å². The zero-order valence-corrected chi connectivity index (χ0v) is 15.3. The summed E-state index contributed by atoms with van der Waals surface area (Å²) in [5.41, 5.74) is 1.09. The highest BCUT2D eigenvalue weighted by Gasteiger charge is 2.24. The Kier molecular flexibility index (Phi) is 8.41. The molecule has 1 atom stereocenters. The number of aliphatic hydroxyl groups excluding tert-OH is 1. The number of nitrogens with zero attached hydrogens (tertiary/aromatic N) is 1. The lowest BCUT2D eigenvalue weighted by atomic mass is 9.92. The summed E-state index contributed by atoms with van der Waals surface area (Å²) >= 11 is 0. The van der Waals surface area contributed by atoms with Crippen molar-refractivity contribution in [2.45, 2.75) is 51.0 Å². The third-order valence-corrected chi connectivity index (χ3v) is 5.03. The Morgan fingerprint density at radius 2 is 1.88 bits per heavy atom. The second kappa shape index (κ2) is 10.8. The van der Waals surface area contributed by atoms with Crippen LogP contribution in [0, 0.1) is 5.92 Å². The van der Waals surface area contributed by atoms with Crippen molar-refractivity contribution in [1.29, 1.82) is 0 Å². The molecule has 1 heterocycles. The van der Waals surface area contributed by atoms with Gasteiger partial charge >= 0.3 is 12.0 Å². The molecule has 0 spiro atoms. The lowest BCUT2D eigenvalue weighted by molar-refractivity contribution is -0.137. The van der Waals surface area contributed by atoms with Crippen molar-refractivity contribution in [3.05, 3.63) is 35.9 Å². The molecule has 0 radical (unpaired) electrons. The van der Waals surface area contributed by atoms with Gasteiger partial charge in [-0.1, -0.05) is 30.3 Å². The van der Waals surface area contributed by atoms with Crippen LogP contribution in [-0.2, 0) is 11.2 Å². The Hall–Kier alpha value is -2.08. The number of aliphatic carboxylic acids is 1.